The third-order valence-electron chi connectivity index (χ3n) is 8.17. The molecule has 0 atom stereocenters. The number of rotatable bonds is 17. The molecule has 1 saturated heterocycles. The van der Waals surface area contributed by atoms with E-state index in [2.05, 4.69) is 92.9 Å². The Morgan fingerprint density at radius 3 is 1.28 bits per heavy atom. The highest BCUT2D eigenvalue weighted by molar-refractivity contribution is 5.78. The van der Waals surface area contributed by atoms with Crippen molar-refractivity contribution in [3.8, 4) is 0 Å². The van der Waals surface area contributed by atoms with Crippen LogP contribution in [0.25, 0.3) is 0 Å². The number of hydrogen-bond acceptors (Lipinski definition) is 3. The number of piperazine rings is 1. The summed E-state index contributed by atoms with van der Waals surface area (Å²) in [7, 11) is 0. The first-order valence-corrected chi connectivity index (χ1v) is 18.2. The highest BCUT2D eigenvalue weighted by Gasteiger charge is 2.24. The number of amides is 1. The van der Waals surface area contributed by atoms with E-state index in [-0.39, 0.29) is 10.8 Å². The van der Waals surface area contributed by atoms with Crippen molar-refractivity contribution in [2.45, 2.75) is 186 Å². The fourth-order valence-corrected chi connectivity index (χ4v) is 5.67. The third-order valence-corrected chi connectivity index (χ3v) is 8.17. The Kier molecular flexibility index (Phi) is 20.6. The zero-order valence-electron chi connectivity index (χ0n) is 31.6. The smallest absolute Gasteiger partial charge is 0.223 e. The van der Waals surface area contributed by atoms with Crippen molar-refractivity contribution in [3.63, 3.8) is 0 Å². The van der Waals surface area contributed by atoms with Gasteiger partial charge in [-0.05, 0) is 53.9 Å². The molecule has 0 saturated carbocycles. The molecule has 1 fully saturated rings. The summed E-state index contributed by atoms with van der Waals surface area (Å²) in [6.07, 6.45) is 19.4. The Labute approximate surface area is 270 Å². The van der Waals surface area contributed by atoms with Crippen molar-refractivity contribution in [2.24, 2.45) is 21.7 Å². The first-order chi connectivity index (χ1) is 19.7. The number of nitrogens with zero attached hydrogens (tertiary/aromatic N) is 2. The summed E-state index contributed by atoms with van der Waals surface area (Å²) in [5.41, 5.74) is 1.22. The molecule has 1 rings (SSSR count). The van der Waals surface area contributed by atoms with Gasteiger partial charge in [0.15, 0.2) is 0 Å². The second kappa shape index (κ2) is 21.0. The molecule has 0 aliphatic carbocycles. The van der Waals surface area contributed by atoms with Gasteiger partial charge in [0.25, 0.3) is 0 Å². The molecule has 1 aliphatic rings. The largest absolute Gasteiger partial charge is 0.340 e. The molecule has 43 heavy (non-hydrogen) atoms. The zero-order valence-corrected chi connectivity index (χ0v) is 31.6. The predicted octanol–water partition coefficient (Wildman–Crippen LogP) is 11.1. The van der Waals surface area contributed by atoms with Crippen LogP contribution >= 0.6 is 0 Å². The van der Waals surface area contributed by atoms with E-state index < -0.39 is 0 Å². The van der Waals surface area contributed by atoms with Crippen LogP contribution in [0.4, 0.5) is 0 Å². The average molecular weight is 607 g/mol. The van der Waals surface area contributed by atoms with Crippen LogP contribution in [0.1, 0.15) is 186 Å². The molecule has 4 nitrogen and oxygen atoms in total. The van der Waals surface area contributed by atoms with E-state index in [0.717, 1.165) is 45.4 Å². The van der Waals surface area contributed by atoms with Crippen LogP contribution in [0.5, 0.6) is 0 Å². The molecule has 0 aromatic heterocycles. The number of hydrogen-bond donors (Lipinski definition) is 0. The van der Waals surface area contributed by atoms with Crippen LogP contribution in [0, 0.1) is 21.7 Å². The van der Waals surface area contributed by atoms with Gasteiger partial charge in [0.1, 0.15) is 5.78 Å². The van der Waals surface area contributed by atoms with Crippen LogP contribution < -0.4 is 0 Å². The molecule has 0 aromatic carbocycles. The van der Waals surface area contributed by atoms with Gasteiger partial charge in [-0.2, -0.15) is 0 Å². The minimum Gasteiger partial charge on any atom is -0.340 e. The second-order valence-electron chi connectivity index (χ2n) is 18.5. The van der Waals surface area contributed by atoms with Crippen molar-refractivity contribution < 1.29 is 9.59 Å². The van der Waals surface area contributed by atoms with E-state index in [1.807, 2.05) is 0 Å². The molecule has 0 aromatic rings. The molecular formula is C39H78N2O2. The van der Waals surface area contributed by atoms with Crippen molar-refractivity contribution in [2.75, 3.05) is 32.7 Å². The summed E-state index contributed by atoms with van der Waals surface area (Å²) in [5.74, 6) is 0.779. The first kappa shape index (κ1) is 42.1. The molecule has 4 heteroatoms. The van der Waals surface area contributed by atoms with Crippen LogP contribution in [0.2, 0.25) is 0 Å². The molecule has 256 valence electrons. The fraction of sp³-hybridized carbons (Fsp3) is 0.949. The first-order valence-electron chi connectivity index (χ1n) is 18.2. The van der Waals surface area contributed by atoms with Crippen molar-refractivity contribution >= 4 is 11.7 Å². The summed E-state index contributed by atoms with van der Waals surface area (Å²) >= 11 is 0. The zero-order chi connectivity index (χ0) is 33.2. The summed E-state index contributed by atoms with van der Waals surface area (Å²) in [5, 5.41) is 0. The third kappa shape index (κ3) is 29.6. The number of carbonyl (C=O) groups excluding carboxylic acids is 2. The highest BCUT2D eigenvalue weighted by Crippen LogP contribution is 2.24. The summed E-state index contributed by atoms with van der Waals surface area (Å²) in [6, 6.07) is 0. The van der Waals surface area contributed by atoms with E-state index in [4.69, 9.17) is 0 Å². The lowest BCUT2D eigenvalue weighted by atomic mass is 9.88. The van der Waals surface area contributed by atoms with Crippen molar-refractivity contribution in [3.05, 3.63) is 0 Å². The maximum absolute atomic E-state index is 12.2. The Hall–Kier alpha value is -0.900. The Morgan fingerprint density at radius 1 is 0.465 bits per heavy atom. The van der Waals surface area contributed by atoms with Crippen LogP contribution in [-0.4, -0.2) is 54.2 Å². The van der Waals surface area contributed by atoms with Gasteiger partial charge in [-0.25, -0.2) is 0 Å². The van der Waals surface area contributed by atoms with Gasteiger partial charge in [0, 0.05) is 45.4 Å². The van der Waals surface area contributed by atoms with Crippen LogP contribution in [0.3, 0.4) is 0 Å². The Bertz CT molecular complexity index is 722. The predicted molar refractivity (Wildman–Crippen MR) is 190 cm³/mol. The van der Waals surface area contributed by atoms with Gasteiger partial charge in [-0.1, -0.05) is 141 Å². The van der Waals surface area contributed by atoms with Crippen LogP contribution in [0.15, 0.2) is 0 Å². The Balaban J connectivity index is 0.000000821. The molecule has 1 amide bonds. The lowest BCUT2D eigenvalue weighted by Crippen LogP contribution is -2.49. The van der Waals surface area contributed by atoms with Crippen LogP contribution in [-0.2, 0) is 9.59 Å². The lowest BCUT2D eigenvalue weighted by Gasteiger charge is -2.36. The van der Waals surface area contributed by atoms with Gasteiger partial charge in [-0.15, -0.1) is 0 Å². The second-order valence-corrected chi connectivity index (χ2v) is 18.5. The molecule has 0 unspecified atom stereocenters. The topological polar surface area (TPSA) is 40.6 Å². The van der Waals surface area contributed by atoms with E-state index >= 15 is 0 Å². The molecule has 0 spiro atoms. The fourth-order valence-electron chi connectivity index (χ4n) is 5.67. The standard InChI is InChI=1S/C21H42O.C18H36N2O/c1-20(2,3)17-15-13-11-9-7-8-10-12-14-16-19(22)18-21(4,5)6;1-17(2,3)9-7-8-10-19-11-13-20(14-12-19)16(21)15-18(4,5)6/h7-18H2,1-6H3;7-15H2,1-6H3. The normalized spacial score (nSPS) is 15.3. The van der Waals surface area contributed by atoms with Crippen molar-refractivity contribution in [1.82, 2.24) is 9.80 Å². The summed E-state index contributed by atoms with van der Waals surface area (Å²) < 4.78 is 0. The van der Waals surface area contributed by atoms with Gasteiger partial charge < -0.3 is 4.90 Å². The number of Topliss-reactive ketones (excluding diaryl/α,β-unsaturated/α-hetero) is 1. The molecule has 0 radical (unpaired) electrons. The lowest BCUT2D eigenvalue weighted by molar-refractivity contribution is -0.134. The Morgan fingerprint density at radius 2 is 0.860 bits per heavy atom. The highest BCUT2D eigenvalue weighted by atomic mass is 16.2. The van der Waals surface area contributed by atoms with Gasteiger partial charge in [-0.3, -0.25) is 14.5 Å². The van der Waals surface area contributed by atoms with E-state index in [9.17, 15) is 9.59 Å². The number of carbonyl (C=O) groups is 2. The number of unbranched alkanes of at least 4 members (excludes halogenated alkanes) is 9. The van der Waals surface area contributed by atoms with E-state index in [0.29, 0.717) is 28.9 Å². The number of ketones is 1. The quantitative estimate of drug-likeness (QED) is 0.155. The van der Waals surface area contributed by atoms with E-state index in [1.165, 1.54) is 83.6 Å². The minimum atomic E-state index is 0.0984. The summed E-state index contributed by atoms with van der Waals surface area (Å²) in [6.45, 7) is 31.9. The van der Waals surface area contributed by atoms with E-state index in [1.54, 1.807) is 0 Å². The van der Waals surface area contributed by atoms with Gasteiger partial charge >= 0.3 is 0 Å². The monoisotopic (exact) mass is 607 g/mol. The molecule has 1 aliphatic heterocycles. The molecule has 0 bridgehead atoms. The maximum atomic E-state index is 12.2. The molecular weight excluding hydrogens is 528 g/mol. The molecule has 0 N–H and O–H groups in total. The minimum absolute atomic E-state index is 0.0984. The van der Waals surface area contributed by atoms with Gasteiger partial charge in [0.2, 0.25) is 5.91 Å². The average Bonchev–Trinajstić information content (AvgIpc) is 2.82. The van der Waals surface area contributed by atoms with Gasteiger partial charge in [0.05, 0.1) is 0 Å². The SMILES string of the molecule is CC(C)(C)CCCCCCCCCCCC(=O)CC(C)(C)C.CC(C)(C)CCCCN1CCN(C(=O)CC(C)(C)C)CC1. The molecule has 1 heterocycles. The summed E-state index contributed by atoms with van der Waals surface area (Å²) in [4.78, 5) is 28.5. The van der Waals surface area contributed by atoms with Crippen molar-refractivity contribution in [1.29, 1.82) is 0 Å². The maximum Gasteiger partial charge on any atom is 0.223 e.